The van der Waals surface area contributed by atoms with E-state index in [-0.39, 0.29) is 6.61 Å². The Kier molecular flexibility index (Phi) is 4.48. The summed E-state index contributed by atoms with van der Waals surface area (Å²) in [5.74, 6) is -1.54. The molecular formula is C12H22O5. The van der Waals surface area contributed by atoms with Gasteiger partial charge in [-0.3, -0.25) is 9.59 Å². The van der Waals surface area contributed by atoms with Gasteiger partial charge in [-0.05, 0) is 41.5 Å². The zero-order valence-corrected chi connectivity index (χ0v) is 11.3. The van der Waals surface area contributed by atoms with Gasteiger partial charge in [0.2, 0.25) is 0 Å². The van der Waals surface area contributed by atoms with Crippen molar-refractivity contribution in [3.8, 4) is 0 Å². The predicted molar refractivity (Wildman–Crippen MR) is 62.3 cm³/mol. The highest BCUT2D eigenvalue weighted by molar-refractivity contribution is 6.05. The lowest BCUT2D eigenvalue weighted by Crippen LogP contribution is -2.65. The number of carbonyl (C=O) groups excluding carboxylic acids is 2. The van der Waals surface area contributed by atoms with E-state index >= 15 is 0 Å². The lowest BCUT2D eigenvalue weighted by molar-refractivity contribution is -0.203. The monoisotopic (exact) mass is 246 g/mol. The Morgan fingerprint density at radius 3 is 1.59 bits per heavy atom. The van der Waals surface area contributed by atoms with E-state index in [0.717, 1.165) is 6.92 Å². The van der Waals surface area contributed by atoms with Crippen molar-refractivity contribution >= 4 is 11.8 Å². The lowest BCUT2D eigenvalue weighted by atomic mass is 9.61. The fourth-order valence-corrected chi connectivity index (χ4v) is 2.49. The zero-order valence-electron chi connectivity index (χ0n) is 11.3. The molecule has 0 radical (unpaired) electrons. The topological polar surface area (TPSA) is 83.8 Å². The van der Waals surface area contributed by atoms with E-state index in [4.69, 9.17) is 4.74 Å². The summed E-state index contributed by atoms with van der Waals surface area (Å²) >= 11 is 0. The van der Waals surface area contributed by atoms with Crippen LogP contribution in [0.3, 0.4) is 0 Å². The first-order valence-electron chi connectivity index (χ1n) is 5.56. The molecule has 17 heavy (non-hydrogen) atoms. The first kappa shape index (κ1) is 16.1. The van der Waals surface area contributed by atoms with Gasteiger partial charge in [0.05, 0.1) is 17.8 Å². The number of rotatable bonds is 5. The molecular weight excluding hydrogens is 224 g/mol. The summed E-state index contributed by atoms with van der Waals surface area (Å²) in [5.41, 5.74) is -5.47. The van der Waals surface area contributed by atoms with Gasteiger partial charge in [-0.15, -0.1) is 0 Å². The standard InChI is InChI=1S/C12H22O5/c1-7-17-9(14)12(8(2)13,10(3,4)15)11(5,6)16/h15-16H,7H2,1-6H3. The third-order valence-corrected chi connectivity index (χ3v) is 2.95. The number of ether oxygens (including phenoxy) is 1. The van der Waals surface area contributed by atoms with Crippen LogP contribution < -0.4 is 0 Å². The van der Waals surface area contributed by atoms with Crippen LogP contribution in [0, 0.1) is 5.41 Å². The average molecular weight is 246 g/mol. The Morgan fingerprint density at radius 1 is 1.06 bits per heavy atom. The summed E-state index contributed by atoms with van der Waals surface area (Å²) in [4.78, 5) is 23.9. The number of aliphatic hydroxyl groups is 2. The summed E-state index contributed by atoms with van der Waals surface area (Å²) in [6.07, 6.45) is 0. The van der Waals surface area contributed by atoms with Crippen LogP contribution in [0.25, 0.3) is 0 Å². The second kappa shape index (κ2) is 4.74. The van der Waals surface area contributed by atoms with Gasteiger partial charge in [0.1, 0.15) is 0 Å². The molecule has 0 aromatic heterocycles. The fraction of sp³-hybridized carbons (Fsp3) is 0.833. The van der Waals surface area contributed by atoms with Gasteiger partial charge in [0.15, 0.2) is 11.2 Å². The van der Waals surface area contributed by atoms with Crippen LogP contribution in [0.4, 0.5) is 0 Å². The highest BCUT2D eigenvalue weighted by Crippen LogP contribution is 2.43. The highest BCUT2D eigenvalue weighted by atomic mass is 16.5. The van der Waals surface area contributed by atoms with Gasteiger partial charge in [0, 0.05) is 0 Å². The van der Waals surface area contributed by atoms with Crippen LogP contribution in [0.1, 0.15) is 41.5 Å². The molecule has 0 bridgehead atoms. The van der Waals surface area contributed by atoms with Gasteiger partial charge in [-0.25, -0.2) is 0 Å². The van der Waals surface area contributed by atoms with Crippen LogP contribution in [0.2, 0.25) is 0 Å². The molecule has 100 valence electrons. The van der Waals surface area contributed by atoms with E-state index in [1.54, 1.807) is 6.92 Å². The van der Waals surface area contributed by atoms with Gasteiger partial charge >= 0.3 is 5.97 Å². The van der Waals surface area contributed by atoms with E-state index in [1.807, 2.05) is 0 Å². The molecule has 0 spiro atoms. The minimum atomic E-state index is -2.00. The number of Topliss-reactive ketones (excluding diaryl/α,β-unsaturated/α-hetero) is 1. The van der Waals surface area contributed by atoms with Crippen molar-refractivity contribution in [1.29, 1.82) is 0 Å². The third kappa shape index (κ3) is 2.50. The molecule has 0 aliphatic heterocycles. The first-order valence-corrected chi connectivity index (χ1v) is 5.56. The molecule has 0 saturated carbocycles. The van der Waals surface area contributed by atoms with Crippen LogP contribution in [-0.4, -0.2) is 39.8 Å². The number of esters is 1. The Hall–Kier alpha value is -0.940. The molecule has 0 aliphatic rings. The molecule has 0 fully saturated rings. The molecule has 2 N–H and O–H groups in total. The molecule has 0 atom stereocenters. The van der Waals surface area contributed by atoms with E-state index < -0.39 is 28.4 Å². The van der Waals surface area contributed by atoms with Crippen LogP contribution >= 0.6 is 0 Å². The van der Waals surface area contributed by atoms with Gasteiger partial charge < -0.3 is 14.9 Å². The lowest BCUT2D eigenvalue weighted by Gasteiger charge is -2.46. The van der Waals surface area contributed by atoms with E-state index in [0.29, 0.717) is 0 Å². The van der Waals surface area contributed by atoms with E-state index in [9.17, 15) is 19.8 Å². The SMILES string of the molecule is CCOC(=O)C(C(C)=O)(C(C)(C)O)C(C)(C)O. The Bertz CT molecular complexity index is 292. The molecule has 0 unspecified atom stereocenters. The maximum absolute atomic E-state index is 12.0. The average Bonchev–Trinajstić information content (AvgIpc) is 1.97. The minimum absolute atomic E-state index is 0.0695. The molecule has 0 saturated heterocycles. The molecule has 0 rings (SSSR count). The quantitative estimate of drug-likeness (QED) is 0.550. The number of hydrogen-bond donors (Lipinski definition) is 2. The van der Waals surface area contributed by atoms with Crippen LogP contribution in [0.5, 0.6) is 0 Å². The van der Waals surface area contributed by atoms with Crippen molar-refractivity contribution in [1.82, 2.24) is 0 Å². The minimum Gasteiger partial charge on any atom is -0.465 e. The summed E-state index contributed by atoms with van der Waals surface area (Å²) in [6, 6.07) is 0. The van der Waals surface area contributed by atoms with Crippen molar-refractivity contribution < 1.29 is 24.5 Å². The molecule has 0 aromatic carbocycles. The van der Waals surface area contributed by atoms with Gasteiger partial charge in [-0.2, -0.15) is 0 Å². The number of hydrogen-bond acceptors (Lipinski definition) is 5. The Labute approximate surface area is 102 Å². The molecule has 5 nitrogen and oxygen atoms in total. The Morgan fingerprint density at radius 2 is 1.41 bits per heavy atom. The zero-order chi connectivity index (χ0) is 14.1. The fourth-order valence-electron chi connectivity index (χ4n) is 2.49. The summed E-state index contributed by atoms with van der Waals surface area (Å²) in [7, 11) is 0. The normalized spacial score (nSPS) is 13.4. The van der Waals surface area contributed by atoms with Crippen molar-refractivity contribution in [2.24, 2.45) is 5.41 Å². The maximum atomic E-state index is 12.0. The Balaban J connectivity index is 5.96. The van der Waals surface area contributed by atoms with Crippen LogP contribution in [-0.2, 0) is 14.3 Å². The van der Waals surface area contributed by atoms with Crippen molar-refractivity contribution in [3.63, 3.8) is 0 Å². The van der Waals surface area contributed by atoms with Crippen molar-refractivity contribution in [2.75, 3.05) is 6.61 Å². The number of ketones is 1. The molecule has 0 amide bonds. The van der Waals surface area contributed by atoms with Gasteiger partial charge in [0.25, 0.3) is 0 Å². The molecule has 0 heterocycles. The third-order valence-electron chi connectivity index (χ3n) is 2.95. The molecule has 0 aromatic rings. The predicted octanol–water partition coefficient (Wildman–Crippen LogP) is 0.667. The first-order chi connectivity index (χ1) is 7.42. The van der Waals surface area contributed by atoms with E-state index in [1.165, 1.54) is 27.7 Å². The van der Waals surface area contributed by atoms with Gasteiger partial charge in [-0.1, -0.05) is 0 Å². The summed E-state index contributed by atoms with van der Waals surface area (Å²) < 4.78 is 4.84. The molecule has 5 heteroatoms. The van der Waals surface area contributed by atoms with Crippen LogP contribution in [0.15, 0.2) is 0 Å². The van der Waals surface area contributed by atoms with Crippen molar-refractivity contribution in [2.45, 2.75) is 52.7 Å². The highest BCUT2D eigenvalue weighted by Gasteiger charge is 2.64. The summed E-state index contributed by atoms with van der Waals surface area (Å²) in [5, 5.41) is 20.3. The molecule has 0 aliphatic carbocycles. The second-order valence-corrected chi connectivity index (χ2v) is 5.14. The largest absolute Gasteiger partial charge is 0.465 e. The summed E-state index contributed by atoms with van der Waals surface area (Å²) in [6.45, 7) is 8.06. The van der Waals surface area contributed by atoms with E-state index in [2.05, 4.69) is 0 Å². The second-order valence-electron chi connectivity index (χ2n) is 5.14. The van der Waals surface area contributed by atoms with Crippen molar-refractivity contribution in [3.05, 3.63) is 0 Å². The maximum Gasteiger partial charge on any atom is 0.325 e. The smallest absolute Gasteiger partial charge is 0.325 e. The number of carbonyl (C=O) groups is 2.